The Bertz CT molecular complexity index is 656. The number of carbonyl (C=O) groups is 1. The first kappa shape index (κ1) is 15.5. The summed E-state index contributed by atoms with van der Waals surface area (Å²) in [5, 5.41) is 3.55. The van der Waals surface area contributed by atoms with Crippen LogP contribution in [0.2, 0.25) is 5.02 Å². The van der Waals surface area contributed by atoms with E-state index in [1.54, 1.807) is 24.3 Å². The van der Waals surface area contributed by atoms with Gasteiger partial charge in [0, 0.05) is 23.6 Å². The Kier molecular flexibility index (Phi) is 5.31. The molecule has 21 heavy (non-hydrogen) atoms. The molecule has 3 N–H and O–H groups in total. The van der Waals surface area contributed by atoms with Gasteiger partial charge in [-0.1, -0.05) is 48.1 Å². The summed E-state index contributed by atoms with van der Waals surface area (Å²) in [7, 11) is 0. The fraction of sp³-hybridized carbons (Fsp3) is 0.125. The van der Waals surface area contributed by atoms with E-state index in [0.29, 0.717) is 28.5 Å². The van der Waals surface area contributed by atoms with Gasteiger partial charge in [-0.05, 0) is 35.4 Å². The standard InChI is InChI=1S/C16H15ClN2OS/c17-14-6-4-11(5-7-14)10-19-16(20)13-3-1-2-12(8-13)9-15(18)21/h1-8H,9-10H2,(H2,18,21)(H,19,20). The lowest BCUT2D eigenvalue weighted by Gasteiger charge is -2.07. The maximum atomic E-state index is 12.1. The normalized spacial score (nSPS) is 10.1. The number of benzene rings is 2. The summed E-state index contributed by atoms with van der Waals surface area (Å²) in [5.41, 5.74) is 8.04. The minimum absolute atomic E-state index is 0.130. The number of hydrogen-bond acceptors (Lipinski definition) is 2. The predicted molar refractivity (Wildman–Crippen MR) is 89.6 cm³/mol. The first-order valence-corrected chi connectivity index (χ1v) is 7.23. The molecule has 2 rings (SSSR count). The van der Waals surface area contributed by atoms with E-state index >= 15 is 0 Å². The van der Waals surface area contributed by atoms with Gasteiger partial charge in [0.15, 0.2) is 0 Å². The lowest BCUT2D eigenvalue weighted by atomic mass is 10.1. The molecule has 0 aliphatic rings. The van der Waals surface area contributed by atoms with Gasteiger partial charge in [-0.2, -0.15) is 0 Å². The molecule has 0 radical (unpaired) electrons. The molecule has 0 aliphatic carbocycles. The molecule has 0 saturated heterocycles. The topological polar surface area (TPSA) is 55.1 Å². The van der Waals surface area contributed by atoms with Crippen LogP contribution in [-0.4, -0.2) is 10.9 Å². The number of amides is 1. The van der Waals surface area contributed by atoms with Gasteiger partial charge >= 0.3 is 0 Å². The maximum absolute atomic E-state index is 12.1. The van der Waals surface area contributed by atoms with Crippen LogP contribution in [0.1, 0.15) is 21.5 Å². The van der Waals surface area contributed by atoms with Crippen LogP contribution < -0.4 is 11.1 Å². The molecule has 0 atom stereocenters. The van der Waals surface area contributed by atoms with E-state index in [0.717, 1.165) is 11.1 Å². The van der Waals surface area contributed by atoms with E-state index in [9.17, 15) is 4.79 Å². The number of hydrogen-bond donors (Lipinski definition) is 2. The van der Waals surface area contributed by atoms with Crippen molar-refractivity contribution in [2.45, 2.75) is 13.0 Å². The van der Waals surface area contributed by atoms with Crippen LogP contribution in [0.3, 0.4) is 0 Å². The highest BCUT2D eigenvalue weighted by molar-refractivity contribution is 7.80. The summed E-state index contributed by atoms with van der Waals surface area (Å²) in [6.07, 6.45) is 0.494. The number of thiocarbonyl (C=S) groups is 1. The Morgan fingerprint density at radius 2 is 1.86 bits per heavy atom. The van der Waals surface area contributed by atoms with Crippen LogP contribution in [0, 0.1) is 0 Å². The molecule has 5 heteroatoms. The van der Waals surface area contributed by atoms with Gasteiger partial charge < -0.3 is 11.1 Å². The van der Waals surface area contributed by atoms with Crippen LogP contribution in [0.15, 0.2) is 48.5 Å². The van der Waals surface area contributed by atoms with Crippen molar-refractivity contribution in [1.29, 1.82) is 0 Å². The zero-order chi connectivity index (χ0) is 15.2. The molecular weight excluding hydrogens is 304 g/mol. The average molecular weight is 319 g/mol. The van der Waals surface area contributed by atoms with E-state index in [4.69, 9.17) is 29.6 Å². The van der Waals surface area contributed by atoms with Gasteiger partial charge in [0.05, 0.1) is 4.99 Å². The third-order valence-electron chi connectivity index (χ3n) is 2.93. The smallest absolute Gasteiger partial charge is 0.251 e. The first-order valence-electron chi connectivity index (χ1n) is 6.44. The fourth-order valence-corrected chi connectivity index (χ4v) is 2.20. The number of nitrogens with two attached hydrogens (primary N) is 1. The zero-order valence-corrected chi connectivity index (χ0v) is 12.9. The van der Waals surface area contributed by atoms with Gasteiger partial charge in [-0.25, -0.2) is 0 Å². The number of nitrogens with one attached hydrogen (secondary N) is 1. The molecule has 3 nitrogen and oxygen atoms in total. The summed E-state index contributed by atoms with van der Waals surface area (Å²) in [6.45, 7) is 0.454. The Morgan fingerprint density at radius 3 is 2.52 bits per heavy atom. The Morgan fingerprint density at radius 1 is 1.14 bits per heavy atom. The molecule has 0 aromatic heterocycles. The molecule has 0 saturated carbocycles. The Hall–Kier alpha value is -1.91. The molecule has 0 heterocycles. The summed E-state index contributed by atoms with van der Waals surface area (Å²) < 4.78 is 0. The number of halogens is 1. The summed E-state index contributed by atoms with van der Waals surface area (Å²) in [6, 6.07) is 14.6. The van der Waals surface area contributed by atoms with E-state index in [-0.39, 0.29) is 5.91 Å². The quantitative estimate of drug-likeness (QED) is 0.833. The molecular formula is C16H15ClN2OS. The van der Waals surface area contributed by atoms with Crippen molar-refractivity contribution in [1.82, 2.24) is 5.32 Å². The molecule has 0 bridgehead atoms. The lowest BCUT2D eigenvalue weighted by molar-refractivity contribution is 0.0951. The highest BCUT2D eigenvalue weighted by Gasteiger charge is 2.06. The average Bonchev–Trinajstić information content (AvgIpc) is 2.46. The first-order chi connectivity index (χ1) is 10.0. The van der Waals surface area contributed by atoms with Crippen LogP contribution in [0.5, 0.6) is 0 Å². The SMILES string of the molecule is NC(=S)Cc1cccc(C(=O)NCc2ccc(Cl)cc2)c1. The van der Waals surface area contributed by atoms with Gasteiger partial charge in [-0.3, -0.25) is 4.79 Å². The fourth-order valence-electron chi connectivity index (χ4n) is 1.91. The monoisotopic (exact) mass is 318 g/mol. The number of rotatable bonds is 5. The van der Waals surface area contributed by atoms with Crippen LogP contribution in [0.25, 0.3) is 0 Å². The lowest BCUT2D eigenvalue weighted by Crippen LogP contribution is -2.23. The summed E-state index contributed by atoms with van der Waals surface area (Å²) in [5.74, 6) is -0.130. The Labute approximate surface area is 134 Å². The molecule has 0 spiro atoms. The maximum Gasteiger partial charge on any atom is 0.251 e. The van der Waals surface area contributed by atoms with Crippen molar-refractivity contribution in [3.05, 3.63) is 70.2 Å². The Balaban J connectivity index is 1.99. The molecule has 0 unspecified atom stereocenters. The van der Waals surface area contributed by atoms with Crippen LogP contribution >= 0.6 is 23.8 Å². The summed E-state index contributed by atoms with van der Waals surface area (Å²) in [4.78, 5) is 12.5. The van der Waals surface area contributed by atoms with Crippen molar-refractivity contribution in [2.75, 3.05) is 0 Å². The van der Waals surface area contributed by atoms with Gasteiger partial charge in [0.1, 0.15) is 0 Å². The summed E-state index contributed by atoms with van der Waals surface area (Å²) >= 11 is 10.7. The minimum atomic E-state index is -0.130. The van der Waals surface area contributed by atoms with Crippen molar-refractivity contribution in [3.8, 4) is 0 Å². The van der Waals surface area contributed by atoms with E-state index in [1.165, 1.54) is 0 Å². The molecule has 2 aromatic carbocycles. The molecule has 0 aliphatic heterocycles. The van der Waals surface area contributed by atoms with Gasteiger partial charge in [0.2, 0.25) is 0 Å². The number of carbonyl (C=O) groups excluding carboxylic acids is 1. The molecule has 2 aromatic rings. The highest BCUT2D eigenvalue weighted by Crippen LogP contribution is 2.10. The van der Waals surface area contributed by atoms with Crippen LogP contribution in [0.4, 0.5) is 0 Å². The van der Waals surface area contributed by atoms with Crippen molar-refractivity contribution < 1.29 is 4.79 Å². The molecule has 0 fully saturated rings. The van der Waals surface area contributed by atoms with Crippen LogP contribution in [-0.2, 0) is 13.0 Å². The third-order valence-corrected chi connectivity index (χ3v) is 3.33. The van der Waals surface area contributed by atoms with Crippen molar-refractivity contribution in [2.24, 2.45) is 5.73 Å². The predicted octanol–water partition coefficient (Wildman–Crippen LogP) is 3.10. The second-order valence-electron chi connectivity index (χ2n) is 4.65. The molecule has 1 amide bonds. The largest absolute Gasteiger partial charge is 0.393 e. The van der Waals surface area contributed by atoms with E-state index in [2.05, 4.69) is 5.32 Å². The van der Waals surface area contributed by atoms with Crippen molar-refractivity contribution in [3.63, 3.8) is 0 Å². The van der Waals surface area contributed by atoms with E-state index in [1.807, 2.05) is 24.3 Å². The zero-order valence-electron chi connectivity index (χ0n) is 11.3. The van der Waals surface area contributed by atoms with E-state index < -0.39 is 0 Å². The second-order valence-corrected chi connectivity index (χ2v) is 5.61. The second kappa shape index (κ2) is 7.20. The molecule has 108 valence electrons. The van der Waals surface area contributed by atoms with Gasteiger partial charge in [0.25, 0.3) is 5.91 Å². The highest BCUT2D eigenvalue weighted by atomic mass is 35.5. The van der Waals surface area contributed by atoms with Gasteiger partial charge in [-0.15, -0.1) is 0 Å². The van der Waals surface area contributed by atoms with Crippen molar-refractivity contribution >= 4 is 34.7 Å². The minimum Gasteiger partial charge on any atom is -0.393 e. The third kappa shape index (κ3) is 4.85.